The number of carbonyl (C=O) groups excluding carboxylic acids is 1. The number of ketones is 1. The number of carbonyl (C=O) groups is 1. The van der Waals surface area contributed by atoms with E-state index in [9.17, 15) is 20.1 Å². The molecule has 4 fully saturated rings. The van der Waals surface area contributed by atoms with Gasteiger partial charge in [0.2, 0.25) is 0 Å². The third-order valence-corrected chi connectivity index (χ3v) is 8.45. The Bertz CT molecular complexity index is 533. The molecule has 23 heavy (non-hydrogen) atoms. The SMILES string of the molecule is C[C@@]12CCC[C@H]1[C@@H]1CC(=O)C3(O)CC(O)C(O)C[C@]3(C)[C@@H]1CC2. The highest BCUT2D eigenvalue weighted by Crippen LogP contribution is 2.66. The molecular formula is C19H30O4. The van der Waals surface area contributed by atoms with E-state index in [0.717, 1.165) is 12.8 Å². The van der Waals surface area contributed by atoms with Crippen molar-refractivity contribution in [2.24, 2.45) is 28.6 Å². The van der Waals surface area contributed by atoms with Crippen molar-refractivity contribution in [3.05, 3.63) is 0 Å². The maximum absolute atomic E-state index is 12.9. The minimum atomic E-state index is -1.46. The van der Waals surface area contributed by atoms with E-state index in [4.69, 9.17) is 0 Å². The van der Waals surface area contributed by atoms with Crippen molar-refractivity contribution in [2.75, 3.05) is 0 Å². The Balaban J connectivity index is 1.74. The van der Waals surface area contributed by atoms with Crippen LogP contribution in [0.4, 0.5) is 0 Å². The Morgan fingerprint density at radius 1 is 1.00 bits per heavy atom. The van der Waals surface area contributed by atoms with E-state index in [-0.39, 0.29) is 18.1 Å². The zero-order valence-corrected chi connectivity index (χ0v) is 14.3. The molecule has 4 heteroatoms. The van der Waals surface area contributed by atoms with Gasteiger partial charge in [0.25, 0.3) is 0 Å². The summed E-state index contributed by atoms with van der Waals surface area (Å²) in [4.78, 5) is 12.9. The second-order valence-corrected chi connectivity index (χ2v) is 9.41. The zero-order valence-electron chi connectivity index (χ0n) is 14.3. The fourth-order valence-electron chi connectivity index (χ4n) is 7.04. The molecular weight excluding hydrogens is 292 g/mol. The highest BCUT2D eigenvalue weighted by atomic mass is 16.3. The van der Waals surface area contributed by atoms with E-state index in [1.807, 2.05) is 6.92 Å². The van der Waals surface area contributed by atoms with Crippen LogP contribution in [0, 0.1) is 28.6 Å². The molecule has 0 aromatic carbocycles. The molecule has 4 nitrogen and oxygen atoms in total. The van der Waals surface area contributed by atoms with Crippen molar-refractivity contribution in [3.8, 4) is 0 Å². The second kappa shape index (κ2) is 4.80. The van der Waals surface area contributed by atoms with Crippen LogP contribution in [0.2, 0.25) is 0 Å². The quantitative estimate of drug-likeness (QED) is 0.638. The van der Waals surface area contributed by atoms with Gasteiger partial charge in [-0.05, 0) is 55.3 Å². The molecule has 0 aliphatic heterocycles. The number of fused-ring (bicyclic) bond motifs is 5. The van der Waals surface area contributed by atoms with Gasteiger partial charge in [0.15, 0.2) is 5.78 Å². The number of hydrogen-bond acceptors (Lipinski definition) is 4. The van der Waals surface area contributed by atoms with E-state index in [2.05, 4.69) is 6.92 Å². The summed E-state index contributed by atoms with van der Waals surface area (Å²) in [6.45, 7) is 4.38. The zero-order chi connectivity index (χ0) is 16.6. The molecule has 0 amide bonds. The third kappa shape index (κ3) is 1.92. The molecule has 130 valence electrons. The Kier molecular flexibility index (Phi) is 3.35. The lowest BCUT2D eigenvalue weighted by atomic mass is 9.43. The van der Waals surface area contributed by atoms with Gasteiger partial charge in [-0.3, -0.25) is 4.79 Å². The number of aliphatic hydroxyl groups excluding tert-OH is 2. The van der Waals surface area contributed by atoms with Crippen molar-refractivity contribution in [3.63, 3.8) is 0 Å². The fraction of sp³-hybridized carbons (Fsp3) is 0.947. The number of rotatable bonds is 0. The summed E-state index contributed by atoms with van der Waals surface area (Å²) in [6.07, 6.45) is 4.88. The van der Waals surface area contributed by atoms with Crippen molar-refractivity contribution in [2.45, 2.75) is 83.0 Å². The summed E-state index contributed by atoms with van der Waals surface area (Å²) in [7, 11) is 0. The van der Waals surface area contributed by atoms with Gasteiger partial charge < -0.3 is 15.3 Å². The monoisotopic (exact) mass is 322 g/mol. The Labute approximate surface area is 138 Å². The lowest BCUT2D eigenvalue weighted by Gasteiger charge is -2.63. The van der Waals surface area contributed by atoms with E-state index >= 15 is 0 Å². The topological polar surface area (TPSA) is 77.8 Å². The molecule has 0 aromatic rings. The van der Waals surface area contributed by atoms with Gasteiger partial charge in [-0.15, -0.1) is 0 Å². The van der Waals surface area contributed by atoms with Crippen LogP contribution in [0.15, 0.2) is 0 Å². The first kappa shape index (κ1) is 16.0. The second-order valence-electron chi connectivity index (χ2n) is 9.41. The van der Waals surface area contributed by atoms with E-state index in [0.29, 0.717) is 30.1 Å². The van der Waals surface area contributed by atoms with Crippen molar-refractivity contribution >= 4 is 5.78 Å². The van der Waals surface area contributed by atoms with Gasteiger partial charge >= 0.3 is 0 Å². The summed E-state index contributed by atoms with van der Waals surface area (Å²) in [6, 6.07) is 0. The van der Waals surface area contributed by atoms with Crippen LogP contribution in [-0.2, 0) is 4.79 Å². The number of aliphatic hydroxyl groups is 3. The van der Waals surface area contributed by atoms with Crippen LogP contribution in [0.25, 0.3) is 0 Å². The molecule has 4 aliphatic rings. The standard InChI is InChI=1S/C19H30O4/c1-17-6-3-4-12(17)11-8-16(22)19(23)10-15(21)14(20)9-18(19,2)13(11)5-7-17/h11-15,20-21,23H,3-10H2,1-2H3/t11-,12-,13+,14?,15?,17-,18+,19?/m0/s1. The minimum absolute atomic E-state index is 0.00530. The van der Waals surface area contributed by atoms with E-state index in [1.165, 1.54) is 19.3 Å². The largest absolute Gasteiger partial charge is 0.390 e. The molecule has 4 rings (SSSR count). The normalized spacial score (nSPS) is 59.2. The predicted octanol–water partition coefficient (Wildman–Crippen LogP) is 2.04. The van der Waals surface area contributed by atoms with Crippen molar-refractivity contribution < 1.29 is 20.1 Å². The Morgan fingerprint density at radius 3 is 2.43 bits per heavy atom. The average molecular weight is 322 g/mol. The van der Waals surface area contributed by atoms with Gasteiger partial charge in [0.05, 0.1) is 12.2 Å². The Morgan fingerprint density at radius 2 is 1.70 bits per heavy atom. The van der Waals surface area contributed by atoms with Crippen LogP contribution in [0.5, 0.6) is 0 Å². The van der Waals surface area contributed by atoms with Crippen LogP contribution in [0.3, 0.4) is 0 Å². The lowest BCUT2D eigenvalue weighted by Crippen LogP contribution is -2.69. The van der Waals surface area contributed by atoms with E-state index in [1.54, 1.807) is 0 Å². The van der Waals surface area contributed by atoms with Crippen LogP contribution in [-0.4, -0.2) is 38.9 Å². The smallest absolute Gasteiger partial charge is 0.165 e. The average Bonchev–Trinajstić information content (AvgIpc) is 2.86. The molecule has 3 unspecified atom stereocenters. The molecule has 4 aliphatic carbocycles. The van der Waals surface area contributed by atoms with Gasteiger partial charge in [-0.1, -0.05) is 20.3 Å². The fourth-order valence-corrected chi connectivity index (χ4v) is 7.04. The summed E-state index contributed by atoms with van der Waals surface area (Å²) in [5, 5.41) is 31.5. The van der Waals surface area contributed by atoms with Gasteiger partial charge in [-0.25, -0.2) is 0 Å². The minimum Gasteiger partial charge on any atom is -0.390 e. The van der Waals surface area contributed by atoms with Gasteiger partial charge in [0, 0.05) is 18.3 Å². The molecule has 0 heterocycles. The van der Waals surface area contributed by atoms with Crippen molar-refractivity contribution in [1.82, 2.24) is 0 Å². The first-order chi connectivity index (χ1) is 10.7. The first-order valence-corrected chi connectivity index (χ1v) is 9.33. The van der Waals surface area contributed by atoms with Gasteiger partial charge in [-0.2, -0.15) is 0 Å². The maximum Gasteiger partial charge on any atom is 0.165 e. The molecule has 0 saturated heterocycles. The highest BCUT2D eigenvalue weighted by molar-refractivity contribution is 5.89. The maximum atomic E-state index is 12.9. The molecule has 3 N–H and O–H groups in total. The lowest BCUT2D eigenvalue weighted by molar-refractivity contribution is -0.228. The number of Topliss-reactive ketones (excluding diaryl/α,β-unsaturated/α-hetero) is 1. The molecule has 0 bridgehead atoms. The van der Waals surface area contributed by atoms with Crippen molar-refractivity contribution in [1.29, 1.82) is 0 Å². The van der Waals surface area contributed by atoms with E-state index < -0.39 is 23.2 Å². The molecule has 8 atom stereocenters. The summed E-state index contributed by atoms with van der Waals surface area (Å²) in [5.74, 6) is 1.11. The molecule has 0 aromatic heterocycles. The van der Waals surface area contributed by atoms with Gasteiger partial charge in [0.1, 0.15) is 5.60 Å². The Hall–Kier alpha value is -0.450. The predicted molar refractivity (Wildman–Crippen MR) is 85.6 cm³/mol. The van der Waals surface area contributed by atoms with Crippen LogP contribution >= 0.6 is 0 Å². The summed E-state index contributed by atoms with van der Waals surface area (Å²) < 4.78 is 0. The highest BCUT2D eigenvalue weighted by Gasteiger charge is 2.67. The third-order valence-electron chi connectivity index (χ3n) is 8.45. The first-order valence-electron chi connectivity index (χ1n) is 9.33. The number of hydrogen-bond donors (Lipinski definition) is 3. The van der Waals surface area contributed by atoms with Crippen LogP contribution < -0.4 is 0 Å². The molecule has 0 radical (unpaired) electrons. The summed E-state index contributed by atoms with van der Waals surface area (Å²) >= 11 is 0. The van der Waals surface area contributed by atoms with Crippen LogP contribution in [0.1, 0.15) is 65.2 Å². The molecule has 0 spiro atoms. The summed E-state index contributed by atoms with van der Waals surface area (Å²) in [5.41, 5.74) is -1.70. The molecule has 4 saturated carbocycles.